The molecule has 5 nitrogen and oxygen atoms in total. The van der Waals surface area contributed by atoms with Crippen molar-refractivity contribution in [1.82, 2.24) is 0 Å². The van der Waals surface area contributed by atoms with Gasteiger partial charge < -0.3 is 18.9 Å². The molecule has 5 heteroatoms. The van der Waals surface area contributed by atoms with Gasteiger partial charge in [0, 0.05) is 13.0 Å². The van der Waals surface area contributed by atoms with Crippen molar-refractivity contribution in [2.45, 2.75) is 64.9 Å². The molecule has 0 N–H and O–H groups in total. The molecule has 0 fully saturated rings. The van der Waals surface area contributed by atoms with Gasteiger partial charge in [-0.25, -0.2) is 0 Å². The topological polar surface area (TPSA) is 54.0 Å². The molecule has 140 valence electrons. The number of hydrogen-bond acceptors (Lipinski definition) is 5. The third kappa shape index (κ3) is 7.78. The number of unbranched alkanes of at least 4 members (excludes halogenated alkanes) is 6. The first-order chi connectivity index (χ1) is 12.3. The monoisotopic (exact) mass is 350 g/mol. The summed E-state index contributed by atoms with van der Waals surface area (Å²) in [5.74, 6) is 1.53. The third-order valence-corrected chi connectivity index (χ3v) is 4.19. The Labute approximate surface area is 150 Å². The molecule has 1 aliphatic heterocycles. The van der Waals surface area contributed by atoms with Gasteiger partial charge >= 0.3 is 5.97 Å². The van der Waals surface area contributed by atoms with Crippen molar-refractivity contribution in [2.75, 3.05) is 20.0 Å². The molecule has 0 radical (unpaired) electrons. The van der Waals surface area contributed by atoms with Gasteiger partial charge in [0.05, 0.1) is 13.2 Å². The third-order valence-electron chi connectivity index (χ3n) is 4.19. The molecule has 0 saturated carbocycles. The van der Waals surface area contributed by atoms with Crippen molar-refractivity contribution in [3.05, 3.63) is 23.8 Å². The Kier molecular flexibility index (Phi) is 9.19. The molecule has 0 saturated heterocycles. The molecule has 1 heterocycles. The first-order valence-corrected chi connectivity index (χ1v) is 9.41. The minimum atomic E-state index is -0.0965. The van der Waals surface area contributed by atoms with E-state index >= 15 is 0 Å². The van der Waals surface area contributed by atoms with Gasteiger partial charge in [0.1, 0.15) is 0 Å². The fourth-order valence-corrected chi connectivity index (χ4v) is 2.70. The number of rotatable bonds is 13. The lowest BCUT2D eigenvalue weighted by Crippen LogP contribution is -2.03. The van der Waals surface area contributed by atoms with Crippen molar-refractivity contribution in [2.24, 2.45) is 0 Å². The normalized spacial score (nSPS) is 12.4. The van der Waals surface area contributed by atoms with E-state index in [1.54, 1.807) is 0 Å². The summed E-state index contributed by atoms with van der Waals surface area (Å²) in [7, 11) is 0. The Morgan fingerprint density at radius 2 is 1.64 bits per heavy atom. The van der Waals surface area contributed by atoms with Crippen LogP contribution in [0.5, 0.6) is 11.5 Å². The lowest BCUT2D eigenvalue weighted by atomic mass is 10.1. The van der Waals surface area contributed by atoms with Crippen LogP contribution in [0.1, 0.15) is 63.9 Å². The Morgan fingerprint density at radius 1 is 0.960 bits per heavy atom. The van der Waals surface area contributed by atoms with E-state index in [1.165, 1.54) is 25.7 Å². The van der Waals surface area contributed by atoms with Crippen LogP contribution in [0.2, 0.25) is 0 Å². The number of ether oxygens (including phenoxy) is 4. The van der Waals surface area contributed by atoms with Gasteiger partial charge in [-0.3, -0.25) is 4.79 Å². The van der Waals surface area contributed by atoms with Crippen LogP contribution < -0.4 is 9.47 Å². The lowest BCUT2D eigenvalue weighted by molar-refractivity contribution is -0.143. The number of fused-ring (bicyclic) bond motifs is 1. The van der Waals surface area contributed by atoms with Crippen molar-refractivity contribution in [1.29, 1.82) is 0 Å². The molecular formula is C20H30O5. The van der Waals surface area contributed by atoms with Crippen LogP contribution in [0.3, 0.4) is 0 Å². The average molecular weight is 350 g/mol. The van der Waals surface area contributed by atoms with E-state index in [0.29, 0.717) is 26.4 Å². The van der Waals surface area contributed by atoms with Crippen LogP contribution in [0.4, 0.5) is 0 Å². The maximum absolute atomic E-state index is 11.0. The second-order valence-corrected chi connectivity index (χ2v) is 6.29. The largest absolute Gasteiger partial charge is 0.466 e. The summed E-state index contributed by atoms with van der Waals surface area (Å²) in [5.41, 5.74) is 1.12. The van der Waals surface area contributed by atoms with Crippen LogP contribution in [0, 0.1) is 0 Å². The Hall–Kier alpha value is -1.75. The molecule has 1 aliphatic rings. The molecular weight excluding hydrogens is 320 g/mol. The van der Waals surface area contributed by atoms with Gasteiger partial charge in [-0.15, -0.1) is 0 Å². The van der Waals surface area contributed by atoms with E-state index in [0.717, 1.165) is 42.9 Å². The van der Waals surface area contributed by atoms with E-state index in [9.17, 15) is 4.79 Å². The lowest BCUT2D eigenvalue weighted by Gasteiger charge is -2.06. The van der Waals surface area contributed by atoms with Gasteiger partial charge in [0.15, 0.2) is 11.5 Å². The van der Waals surface area contributed by atoms with Crippen molar-refractivity contribution in [3.63, 3.8) is 0 Å². The minimum absolute atomic E-state index is 0.0965. The smallest absolute Gasteiger partial charge is 0.305 e. The Balaban J connectivity index is 1.37. The van der Waals surface area contributed by atoms with Crippen molar-refractivity contribution in [3.8, 4) is 11.5 Å². The number of carbonyl (C=O) groups is 1. The van der Waals surface area contributed by atoms with E-state index in [4.69, 9.17) is 18.9 Å². The predicted molar refractivity (Wildman–Crippen MR) is 95.8 cm³/mol. The predicted octanol–water partition coefficient (Wildman–Crippen LogP) is 4.62. The van der Waals surface area contributed by atoms with E-state index in [1.807, 2.05) is 25.1 Å². The molecule has 0 amide bonds. The minimum Gasteiger partial charge on any atom is -0.466 e. The summed E-state index contributed by atoms with van der Waals surface area (Å²) in [6.07, 6.45) is 8.57. The zero-order valence-electron chi connectivity index (χ0n) is 15.3. The molecule has 1 aromatic carbocycles. The van der Waals surface area contributed by atoms with Gasteiger partial charge in [-0.1, -0.05) is 45.1 Å². The maximum atomic E-state index is 11.0. The molecule has 25 heavy (non-hydrogen) atoms. The van der Waals surface area contributed by atoms with E-state index in [2.05, 4.69) is 0 Å². The van der Waals surface area contributed by atoms with Crippen LogP contribution in [-0.4, -0.2) is 26.0 Å². The Morgan fingerprint density at radius 3 is 2.40 bits per heavy atom. The molecule has 0 aromatic heterocycles. The van der Waals surface area contributed by atoms with Gasteiger partial charge in [-0.05, 0) is 30.5 Å². The summed E-state index contributed by atoms with van der Waals surface area (Å²) in [5, 5.41) is 0. The zero-order chi connectivity index (χ0) is 17.7. The zero-order valence-corrected chi connectivity index (χ0v) is 15.3. The second-order valence-electron chi connectivity index (χ2n) is 6.29. The van der Waals surface area contributed by atoms with Crippen LogP contribution in [0.25, 0.3) is 0 Å². The number of hydrogen-bond donors (Lipinski definition) is 0. The highest BCUT2D eigenvalue weighted by atomic mass is 16.7. The van der Waals surface area contributed by atoms with Crippen LogP contribution in [0.15, 0.2) is 18.2 Å². The fraction of sp³-hybridized carbons (Fsp3) is 0.650. The summed E-state index contributed by atoms with van der Waals surface area (Å²) in [6, 6.07) is 5.94. The average Bonchev–Trinajstić information content (AvgIpc) is 3.10. The molecule has 2 rings (SSSR count). The van der Waals surface area contributed by atoms with Gasteiger partial charge in [0.2, 0.25) is 6.79 Å². The molecule has 0 spiro atoms. The van der Waals surface area contributed by atoms with Crippen molar-refractivity contribution < 1.29 is 23.7 Å². The van der Waals surface area contributed by atoms with E-state index < -0.39 is 0 Å². The standard InChI is InChI=1S/C20H30O5/c1-2-20(21)23-13-9-7-5-3-4-6-8-12-22-15-17-10-11-18-19(14-17)25-16-24-18/h10-11,14H,2-9,12-13,15-16H2,1H3. The highest BCUT2D eigenvalue weighted by Crippen LogP contribution is 2.32. The molecule has 0 unspecified atom stereocenters. The van der Waals surface area contributed by atoms with Crippen molar-refractivity contribution >= 4 is 5.97 Å². The highest BCUT2D eigenvalue weighted by molar-refractivity contribution is 5.68. The number of benzene rings is 1. The molecule has 1 aromatic rings. The second kappa shape index (κ2) is 11.7. The number of carbonyl (C=O) groups excluding carboxylic acids is 1. The first-order valence-electron chi connectivity index (χ1n) is 9.41. The number of esters is 1. The van der Waals surface area contributed by atoms with Crippen LogP contribution >= 0.6 is 0 Å². The van der Waals surface area contributed by atoms with Gasteiger partial charge in [0.25, 0.3) is 0 Å². The SMILES string of the molecule is CCC(=O)OCCCCCCCCCOCc1ccc2c(c1)OCO2. The Bertz CT molecular complexity index is 515. The van der Waals surface area contributed by atoms with Gasteiger partial charge in [-0.2, -0.15) is 0 Å². The molecule has 0 aliphatic carbocycles. The van der Waals surface area contributed by atoms with E-state index in [-0.39, 0.29) is 5.97 Å². The summed E-state index contributed by atoms with van der Waals surface area (Å²) in [4.78, 5) is 11.0. The first kappa shape index (κ1) is 19.6. The molecule has 0 atom stereocenters. The van der Waals surface area contributed by atoms with Crippen LogP contribution in [-0.2, 0) is 20.9 Å². The summed E-state index contributed by atoms with van der Waals surface area (Å²) >= 11 is 0. The highest BCUT2D eigenvalue weighted by Gasteiger charge is 2.12. The summed E-state index contributed by atoms with van der Waals surface area (Å²) in [6.45, 7) is 4.11. The quantitative estimate of drug-likeness (QED) is 0.384. The maximum Gasteiger partial charge on any atom is 0.305 e. The fourth-order valence-electron chi connectivity index (χ4n) is 2.70. The summed E-state index contributed by atoms with van der Waals surface area (Å²) < 4.78 is 21.4. The molecule has 0 bridgehead atoms.